The highest BCUT2D eigenvalue weighted by molar-refractivity contribution is 7.89. The first-order chi connectivity index (χ1) is 9.30. The Hall–Kier alpha value is -1.25. The number of aliphatic hydroxyl groups excluding tert-OH is 1. The first-order valence-corrected chi connectivity index (χ1v) is 7.63. The van der Waals surface area contributed by atoms with Crippen LogP contribution in [0.4, 0.5) is 14.5 Å². The number of sulfonamides is 1. The first-order valence-electron chi connectivity index (χ1n) is 6.15. The maximum absolute atomic E-state index is 13.6. The molecule has 0 bridgehead atoms. The number of aliphatic hydroxyl groups is 1. The summed E-state index contributed by atoms with van der Waals surface area (Å²) >= 11 is 0. The van der Waals surface area contributed by atoms with Crippen LogP contribution in [-0.2, 0) is 10.0 Å². The highest BCUT2D eigenvalue weighted by Crippen LogP contribution is 2.48. The largest absolute Gasteiger partial charge is 0.399 e. The summed E-state index contributed by atoms with van der Waals surface area (Å²) < 4.78 is 53.4. The Balaban J connectivity index is 2.19. The van der Waals surface area contributed by atoms with Crippen molar-refractivity contribution in [3.05, 3.63) is 23.8 Å². The van der Waals surface area contributed by atoms with Crippen LogP contribution in [-0.4, -0.2) is 26.7 Å². The molecule has 2 rings (SSSR count). The monoisotopic (exact) mass is 306 g/mol. The van der Waals surface area contributed by atoms with Crippen LogP contribution in [0.2, 0.25) is 0 Å². The summed E-state index contributed by atoms with van der Waals surface area (Å²) in [5.41, 5.74) is 4.77. The number of nitrogens with one attached hydrogen (secondary N) is 1. The number of anilines is 1. The van der Waals surface area contributed by atoms with Gasteiger partial charge in [0.1, 0.15) is 11.6 Å². The molecule has 0 aliphatic heterocycles. The summed E-state index contributed by atoms with van der Waals surface area (Å²) in [4.78, 5) is -1.02. The van der Waals surface area contributed by atoms with E-state index in [1.165, 1.54) is 0 Å². The number of halogens is 2. The zero-order valence-corrected chi connectivity index (χ0v) is 11.5. The molecule has 0 radical (unpaired) electrons. The minimum Gasteiger partial charge on any atom is -0.399 e. The molecule has 8 heteroatoms. The fourth-order valence-corrected chi connectivity index (χ4v) is 3.36. The van der Waals surface area contributed by atoms with Crippen molar-refractivity contribution in [1.29, 1.82) is 0 Å². The van der Waals surface area contributed by atoms with E-state index in [2.05, 4.69) is 4.72 Å². The predicted octanol–water partition coefficient (Wildman–Crippen LogP) is 0.988. The Morgan fingerprint density at radius 2 is 1.85 bits per heavy atom. The smallest absolute Gasteiger partial charge is 0.246 e. The Kier molecular flexibility index (Phi) is 3.99. The van der Waals surface area contributed by atoms with Crippen molar-refractivity contribution >= 4 is 15.7 Å². The molecular formula is C12H16F2N2O3S. The van der Waals surface area contributed by atoms with Gasteiger partial charge in [-0.2, -0.15) is 0 Å². The van der Waals surface area contributed by atoms with E-state index < -0.39 is 26.6 Å². The second kappa shape index (κ2) is 5.27. The Bertz CT molecular complexity index is 592. The SMILES string of the molecule is Nc1cc(F)c(S(=O)(=O)NCC2(CCO)CC2)c(F)c1. The van der Waals surface area contributed by atoms with Gasteiger partial charge in [-0.25, -0.2) is 21.9 Å². The van der Waals surface area contributed by atoms with Crippen LogP contribution in [0.15, 0.2) is 17.0 Å². The van der Waals surface area contributed by atoms with Gasteiger partial charge in [0.2, 0.25) is 10.0 Å². The number of benzene rings is 1. The zero-order chi connectivity index (χ0) is 15.0. The number of hydrogen-bond acceptors (Lipinski definition) is 4. The van der Waals surface area contributed by atoms with Crippen LogP contribution < -0.4 is 10.5 Å². The average Bonchev–Trinajstić information content (AvgIpc) is 3.06. The molecular weight excluding hydrogens is 290 g/mol. The van der Waals surface area contributed by atoms with Crippen LogP contribution in [0.1, 0.15) is 19.3 Å². The molecule has 1 aromatic carbocycles. The lowest BCUT2D eigenvalue weighted by atomic mass is 10.0. The van der Waals surface area contributed by atoms with Gasteiger partial charge in [-0.05, 0) is 36.8 Å². The number of nitrogen functional groups attached to an aromatic ring is 1. The van der Waals surface area contributed by atoms with Gasteiger partial charge in [0.25, 0.3) is 0 Å². The maximum atomic E-state index is 13.6. The summed E-state index contributed by atoms with van der Waals surface area (Å²) in [7, 11) is -4.29. The lowest BCUT2D eigenvalue weighted by Gasteiger charge is -2.15. The van der Waals surface area contributed by atoms with Crippen molar-refractivity contribution in [3.63, 3.8) is 0 Å². The van der Waals surface area contributed by atoms with Gasteiger partial charge in [0, 0.05) is 18.8 Å². The quantitative estimate of drug-likeness (QED) is 0.683. The predicted molar refractivity (Wildman–Crippen MR) is 69.3 cm³/mol. The summed E-state index contributed by atoms with van der Waals surface area (Å²) in [6.07, 6.45) is 2.02. The van der Waals surface area contributed by atoms with E-state index in [9.17, 15) is 17.2 Å². The Morgan fingerprint density at radius 3 is 2.30 bits per heavy atom. The van der Waals surface area contributed by atoms with Crippen molar-refractivity contribution < 1.29 is 22.3 Å². The molecule has 4 N–H and O–H groups in total. The molecule has 0 spiro atoms. The normalized spacial score (nSPS) is 17.1. The van der Waals surface area contributed by atoms with Gasteiger partial charge in [-0.3, -0.25) is 0 Å². The molecule has 20 heavy (non-hydrogen) atoms. The van der Waals surface area contributed by atoms with Crippen LogP contribution in [0.25, 0.3) is 0 Å². The van der Waals surface area contributed by atoms with Crippen molar-refractivity contribution in [2.45, 2.75) is 24.2 Å². The van der Waals surface area contributed by atoms with E-state index >= 15 is 0 Å². The molecule has 1 aliphatic carbocycles. The minimum atomic E-state index is -4.29. The molecule has 112 valence electrons. The molecule has 0 atom stereocenters. The minimum absolute atomic E-state index is 0.0493. The summed E-state index contributed by atoms with van der Waals surface area (Å²) in [6, 6.07) is 1.52. The molecule has 1 aliphatic rings. The first kappa shape index (κ1) is 15.1. The summed E-state index contributed by atoms with van der Waals surface area (Å²) in [6.45, 7) is 0.00543. The van der Waals surface area contributed by atoms with Crippen LogP contribution >= 0.6 is 0 Å². The van der Waals surface area contributed by atoms with Crippen LogP contribution in [0.3, 0.4) is 0 Å². The molecule has 1 aromatic rings. The van der Waals surface area contributed by atoms with Gasteiger partial charge >= 0.3 is 0 Å². The molecule has 1 saturated carbocycles. The standard InChI is InChI=1S/C12H16F2N2O3S/c13-9-5-8(15)6-10(14)11(9)20(18,19)16-7-12(1-2-12)3-4-17/h5-6,16-17H,1-4,7,15H2. The lowest BCUT2D eigenvalue weighted by Crippen LogP contribution is -2.32. The van der Waals surface area contributed by atoms with Crippen molar-refractivity contribution in [2.75, 3.05) is 18.9 Å². The van der Waals surface area contributed by atoms with E-state index in [4.69, 9.17) is 10.8 Å². The van der Waals surface area contributed by atoms with E-state index in [1.807, 2.05) is 0 Å². The zero-order valence-electron chi connectivity index (χ0n) is 10.7. The van der Waals surface area contributed by atoms with Crippen molar-refractivity contribution in [2.24, 2.45) is 5.41 Å². The van der Waals surface area contributed by atoms with Gasteiger partial charge in [-0.15, -0.1) is 0 Å². The maximum Gasteiger partial charge on any atom is 0.246 e. The third kappa shape index (κ3) is 3.08. The molecule has 5 nitrogen and oxygen atoms in total. The fourth-order valence-electron chi connectivity index (χ4n) is 2.09. The van der Waals surface area contributed by atoms with Crippen molar-refractivity contribution in [3.8, 4) is 0 Å². The topological polar surface area (TPSA) is 92.4 Å². The van der Waals surface area contributed by atoms with E-state index in [0.29, 0.717) is 6.42 Å². The third-order valence-electron chi connectivity index (χ3n) is 3.53. The van der Waals surface area contributed by atoms with Gasteiger partial charge in [-0.1, -0.05) is 0 Å². The fraction of sp³-hybridized carbons (Fsp3) is 0.500. The van der Waals surface area contributed by atoms with Crippen molar-refractivity contribution in [1.82, 2.24) is 4.72 Å². The molecule has 1 fully saturated rings. The molecule has 0 amide bonds. The van der Waals surface area contributed by atoms with E-state index in [-0.39, 0.29) is 24.3 Å². The van der Waals surface area contributed by atoms with E-state index in [1.54, 1.807) is 0 Å². The van der Waals surface area contributed by atoms with Gasteiger partial charge < -0.3 is 10.8 Å². The highest BCUT2D eigenvalue weighted by atomic mass is 32.2. The lowest BCUT2D eigenvalue weighted by molar-refractivity contribution is 0.249. The van der Waals surface area contributed by atoms with Crippen LogP contribution in [0, 0.1) is 17.0 Å². The van der Waals surface area contributed by atoms with Crippen LogP contribution in [0.5, 0.6) is 0 Å². The van der Waals surface area contributed by atoms with E-state index in [0.717, 1.165) is 25.0 Å². The number of hydrogen-bond donors (Lipinski definition) is 3. The summed E-state index contributed by atoms with van der Waals surface area (Å²) in [5, 5.41) is 8.90. The molecule has 0 heterocycles. The molecule has 0 aromatic heterocycles. The Labute approximate surface area is 115 Å². The molecule has 0 saturated heterocycles. The second-order valence-electron chi connectivity index (χ2n) is 5.11. The Morgan fingerprint density at radius 1 is 1.30 bits per heavy atom. The van der Waals surface area contributed by atoms with Gasteiger partial charge in [0.05, 0.1) is 0 Å². The highest BCUT2D eigenvalue weighted by Gasteiger charge is 2.42. The third-order valence-corrected chi connectivity index (χ3v) is 4.98. The van der Waals surface area contributed by atoms with Gasteiger partial charge in [0.15, 0.2) is 4.90 Å². The average molecular weight is 306 g/mol. The second-order valence-corrected chi connectivity index (χ2v) is 6.82. The summed E-state index contributed by atoms with van der Waals surface area (Å²) in [5.74, 6) is -2.44. The number of nitrogens with two attached hydrogens (primary N) is 1. The molecule has 0 unspecified atom stereocenters. The number of rotatable bonds is 6.